The van der Waals surface area contributed by atoms with Crippen LogP contribution < -0.4 is 10.0 Å². The number of sulfonamides is 1. The topological polar surface area (TPSA) is 89.2 Å². The quantitative estimate of drug-likeness (QED) is 0.747. The highest BCUT2D eigenvalue weighted by Crippen LogP contribution is 2.13. The Hall–Kier alpha value is -1.64. The monoisotopic (exact) mass is 312 g/mol. The first-order valence-electron chi connectivity index (χ1n) is 6.79. The van der Waals surface area contributed by atoms with Crippen LogP contribution in [0.5, 0.6) is 0 Å². The fourth-order valence-electron chi connectivity index (χ4n) is 1.88. The Balaban J connectivity index is 1.92. The Kier molecular flexibility index (Phi) is 5.16. The molecule has 0 saturated carbocycles. The number of hydrogen-bond donors (Lipinski definition) is 2. The molecule has 0 bridgehead atoms. The maximum absolute atomic E-state index is 12.1. The molecule has 0 amide bonds. The van der Waals surface area contributed by atoms with E-state index in [1.54, 1.807) is 16.9 Å². The van der Waals surface area contributed by atoms with Crippen LogP contribution in [0.3, 0.4) is 0 Å². The number of hydrogen-bond acceptors (Lipinski definition) is 5. The third-order valence-corrected chi connectivity index (χ3v) is 4.38. The second-order valence-electron chi connectivity index (χ2n) is 4.60. The van der Waals surface area contributed by atoms with Crippen LogP contribution in [0.1, 0.15) is 18.4 Å². The van der Waals surface area contributed by atoms with Gasteiger partial charge in [-0.05, 0) is 24.7 Å². The summed E-state index contributed by atoms with van der Waals surface area (Å²) in [6.45, 7) is 3.58. The molecule has 0 unspecified atom stereocenters. The molecule has 0 aliphatic rings. The van der Waals surface area contributed by atoms with E-state index >= 15 is 0 Å². The minimum atomic E-state index is -3.60. The van der Waals surface area contributed by atoms with Crippen LogP contribution in [-0.2, 0) is 30.0 Å². The van der Waals surface area contributed by atoms with Gasteiger partial charge in [-0.15, -0.1) is 0 Å². The van der Waals surface area contributed by atoms with E-state index < -0.39 is 10.0 Å². The van der Waals surface area contributed by atoms with E-state index in [1.165, 1.54) is 6.07 Å². The van der Waals surface area contributed by atoms with Gasteiger partial charge in [0, 0.05) is 31.9 Å². The van der Waals surface area contributed by atoms with Crippen molar-refractivity contribution in [1.82, 2.24) is 19.8 Å². The molecule has 0 aliphatic carbocycles. The highest BCUT2D eigenvalue weighted by atomic mass is 32.2. The zero-order valence-corrected chi connectivity index (χ0v) is 13.0. The normalized spacial score (nSPS) is 11.9. The molecular weight excluding hydrogens is 292 g/mol. The first kappa shape index (κ1) is 15.7. The number of nitrogens with one attached hydrogen (secondary N) is 2. The maximum Gasteiger partial charge on any atom is 0.273 e. The molecule has 2 aromatic heterocycles. The number of furan rings is 1. The van der Waals surface area contributed by atoms with Gasteiger partial charge in [0.05, 0.1) is 6.54 Å². The van der Waals surface area contributed by atoms with Gasteiger partial charge in [-0.25, -0.2) is 13.1 Å². The predicted octanol–water partition coefficient (Wildman–Crippen LogP) is 0.644. The zero-order chi connectivity index (χ0) is 15.3. The van der Waals surface area contributed by atoms with Gasteiger partial charge in [0.15, 0.2) is 0 Å². The first-order chi connectivity index (χ1) is 10.0. The standard InChI is InChI=1S/C13H20N4O3S/c1-3-14-10-12-4-5-13(20-12)21(18,19)16-9-7-11-6-8-15-17(11)2/h4-6,8,14,16H,3,7,9-10H2,1-2H3. The molecule has 2 heterocycles. The summed E-state index contributed by atoms with van der Waals surface area (Å²) in [4.78, 5) is 0. The van der Waals surface area contributed by atoms with Gasteiger partial charge in [-0.3, -0.25) is 4.68 Å². The van der Waals surface area contributed by atoms with Gasteiger partial charge >= 0.3 is 0 Å². The fourth-order valence-corrected chi connectivity index (χ4v) is 2.85. The number of aromatic nitrogens is 2. The van der Waals surface area contributed by atoms with Crippen LogP contribution in [0.4, 0.5) is 0 Å². The van der Waals surface area contributed by atoms with Gasteiger partial charge in [0.1, 0.15) is 5.76 Å². The summed E-state index contributed by atoms with van der Waals surface area (Å²) in [5.41, 5.74) is 0.963. The summed E-state index contributed by atoms with van der Waals surface area (Å²) in [6, 6.07) is 4.99. The van der Waals surface area contributed by atoms with Crippen LogP contribution >= 0.6 is 0 Å². The molecular formula is C13H20N4O3S. The molecule has 0 spiro atoms. The van der Waals surface area contributed by atoms with Crippen molar-refractivity contribution >= 4 is 10.0 Å². The molecule has 116 valence electrons. The van der Waals surface area contributed by atoms with Crippen LogP contribution in [0, 0.1) is 0 Å². The van der Waals surface area contributed by atoms with Crippen LogP contribution in [0.25, 0.3) is 0 Å². The summed E-state index contributed by atoms with van der Waals surface area (Å²) in [7, 11) is -1.78. The van der Waals surface area contributed by atoms with Crippen molar-refractivity contribution in [2.24, 2.45) is 7.05 Å². The van der Waals surface area contributed by atoms with Crippen molar-refractivity contribution < 1.29 is 12.8 Å². The lowest BCUT2D eigenvalue weighted by Crippen LogP contribution is -2.26. The minimum absolute atomic E-state index is 0.0552. The molecule has 0 aromatic carbocycles. The third kappa shape index (κ3) is 4.16. The molecule has 7 nitrogen and oxygen atoms in total. The number of rotatable bonds is 8. The van der Waals surface area contributed by atoms with E-state index in [2.05, 4.69) is 15.1 Å². The lowest BCUT2D eigenvalue weighted by atomic mass is 10.3. The summed E-state index contributed by atoms with van der Waals surface area (Å²) < 4.78 is 33.7. The van der Waals surface area contributed by atoms with Crippen molar-refractivity contribution in [1.29, 1.82) is 0 Å². The van der Waals surface area contributed by atoms with Gasteiger partial charge in [0.2, 0.25) is 5.09 Å². The zero-order valence-electron chi connectivity index (χ0n) is 12.2. The van der Waals surface area contributed by atoms with Crippen LogP contribution in [0.15, 0.2) is 33.9 Å². The minimum Gasteiger partial charge on any atom is -0.447 e. The van der Waals surface area contributed by atoms with Gasteiger partial charge < -0.3 is 9.73 Å². The van der Waals surface area contributed by atoms with Gasteiger partial charge in [-0.2, -0.15) is 5.10 Å². The summed E-state index contributed by atoms with van der Waals surface area (Å²) >= 11 is 0. The van der Waals surface area contributed by atoms with Crippen LogP contribution in [-0.4, -0.2) is 31.3 Å². The molecule has 8 heteroatoms. The maximum atomic E-state index is 12.1. The molecule has 2 rings (SSSR count). The molecule has 2 aromatic rings. The van der Waals surface area contributed by atoms with E-state index in [-0.39, 0.29) is 5.09 Å². The third-order valence-electron chi connectivity index (χ3n) is 3.05. The van der Waals surface area contributed by atoms with E-state index in [1.807, 2.05) is 20.0 Å². The van der Waals surface area contributed by atoms with Crippen LogP contribution in [0.2, 0.25) is 0 Å². The summed E-state index contributed by atoms with van der Waals surface area (Å²) in [6.07, 6.45) is 2.25. The Labute approximate surface area is 124 Å². The Morgan fingerprint density at radius 2 is 2.14 bits per heavy atom. The van der Waals surface area contributed by atoms with Gasteiger partial charge in [0.25, 0.3) is 10.0 Å². The van der Waals surface area contributed by atoms with Gasteiger partial charge in [-0.1, -0.05) is 6.92 Å². The highest BCUT2D eigenvalue weighted by Gasteiger charge is 2.18. The second kappa shape index (κ2) is 6.88. The Bertz CT molecular complexity index is 675. The fraction of sp³-hybridized carbons (Fsp3) is 0.462. The molecule has 0 atom stereocenters. The average Bonchev–Trinajstić information content (AvgIpc) is 3.06. The molecule has 0 fully saturated rings. The van der Waals surface area contributed by atoms with Crippen molar-refractivity contribution in [2.45, 2.75) is 25.0 Å². The van der Waals surface area contributed by atoms with Crippen molar-refractivity contribution in [3.63, 3.8) is 0 Å². The summed E-state index contributed by atoms with van der Waals surface area (Å²) in [5.74, 6) is 0.601. The SMILES string of the molecule is CCNCc1ccc(S(=O)(=O)NCCc2ccnn2C)o1. The Morgan fingerprint density at radius 1 is 1.33 bits per heavy atom. The molecule has 0 aliphatic heterocycles. The second-order valence-corrected chi connectivity index (χ2v) is 6.29. The number of aryl methyl sites for hydroxylation is 1. The molecule has 0 radical (unpaired) electrons. The first-order valence-corrected chi connectivity index (χ1v) is 8.27. The molecule has 21 heavy (non-hydrogen) atoms. The average molecular weight is 312 g/mol. The smallest absolute Gasteiger partial charge is 0.273 e. The summed E-state index contributed by atoms with van der Waals surface area (Å²) in [5, 5.41) is 7.06. The van der Waals surface area contributed by atoms with E-state index in [0.29, 0.717) is 25.3 Å². The number of nitrogens with zero attached hydrogens (tertiary/aromatic N) is 2. The van der Waals surface area contributed by atoms with E-state index in [0.717, 1.165) is 12.2 Å². The molecule has 2 N–H and O–H groups in total. The largest absolute Gasteiger partial charge is 0.447 e. The van der Waals surface area contributed by atoms with E-state index in [9.17, 15) is 8.42 Å². The lowest BCUT2D eigenvalue weighted by molar-refractivity contribution is 0.401. The van der Waals surface area contributed by atoms with Crippen molar-refractivity contribution in [3.05, 3.63) is 35.9 Å². The lowest BCUT2D eigenvalue weighted by Gasteiger charge is -2.05. The predicted molar refractivity (Wildman–Crippen MR) is 78.2 cm³/mol. The van der Waals surface area contributed by atoms with E-state index in [4.69, 9.17) is 4.42 Å². The molecule has 0 saturated heterocycles. The van der Waals surface area contributed by atoms with Crippen molar-refractivity contribution in [3.8, 4) is 0 Å². The Morgan fingerprint density at radius 3 is 2.81 bits per heavy atom. The van der Waals surface area contributed by atoms with Crippen molar-refractivity contribution in [2.75, 3.05) is 13.1 Å². The highest BCUT2D eigenvalue weighted by molar-refractivity contribution is 7.89.